The Morgan fingerprint density at radius 3 is 1.35 bits per heavy atom. The molecule has 0 heterocycles. The third kappa shape index (κ3) is 4.53. The molecule has 0 aromatic rings. The third-order valence-corrected chi connectivity index (χ3v) is 16.7. The molecule has 0 fully saturated rings. The van der Waals surface area contributed by atoms with Crippen molar-refractivity contribution in [1.29, 1.82) is 0 Å². The molecule has 0 aliphatic carbocycles. The van der Waals surface area contributed by atoms with Crippen LogP contribution in [0.1, 0.15) is 55.4 Å². The lowest BCUT2D eigenvalue weighted by molar-refractivity contribution is 0.502. The Morgan fingerprint density at radius 2 is 1.18 bits per heavy atom. The fraction of sp³-hybridized carbons (Fsp3) is 1.00. The van der Waals surface area contributed by atoms with Crippen LogP contribution < -0.4 is 0 Å². The van der Waals surface area contributed by atoms with Gasteiger partial charge in [0.2, 0.25) is 0 Å². The van der Waals surface area contributed by atoms with Crippen molar-refractivity contribution in [1.82, 2.24) is 4.23 Å². The van der Waals surface area contributed by atoms with Crippen molar-refractivity contribution in [3.05, 3.63) is 0 Å². The molecule has 0 aromatic heterocycles. The Hall–Kier alpha value is 0.974. The molecular formula is C12H29Cl2NSi2. The largest absolute Gasteiger partial charge is 0.321 e. The zero-order valence-corrected chi connectivity index (χ0v) is 16.3. The molecule has 0 atom stereocenters. The fourth-order valence-electron chi connectivity index (χ4n) is 2.60. The van der Waals surface area contributed by atoms with Gasteiger partial charge in [0.25, 0.3) is 0 Å². The van der Waals surface area contributed by atoms with E-state index in [2.05, 4.69) is 59.6 Å². The summed E-state index contributed by atoms with van der Waals surface area (Å²) < 4.78 is 2.55. The number of nitrogens with zero attached hydrogens (tertiary/aromatic N) is 1. The lowest BCUT2D eigenvalue weighted by Gasteiger charge is -2.46. The average molecular weight is 314 g/mol. The smallest absolute Gasteiger partial charge is 0.321 e. The zero-order valence-electron chi connectivity index (χ0n) is 12.6. The van der Waals surface area contributed by atoms with Gasteiger partial charge in [-0.1, -0.05) is 55.4 Å². The van der Waals surface area contributed by atoms with E-state index in [9.17, 15) is 0 Å². The highest BCUT2D eigenvalue weighted by Gasteiger charge is 2.46. The Morgan fingerprint density at radius 1 is 0.824 bits per heavy atom. The first kappa shape index (κ1) is 18.0. The summed E-state index contributed by atoms with van der Waals surface area (Å²) in [5.74, 6) is 0. The van der Waals surface area contributed by atoms with Crippen LogP contribution in [0.2, 0.25) is 16.6 Å². The van der Waals surface area contributed by atoms with E-state index in [4.69, 9.17) is 22.2 Å². The monoisotopic (exact) mass is 313 g/mol. The maximum Gasteiger partial charge on any atom is 0.321 e. The van der Waals surface area contributed by atoms with E-state index in [1.54, 1.807) is 0 Å². The maximum atomic E-state index is 6.78. The van der Waals surface area contributed by atoms with Gasteiger partial charge in [-0.25, -0.2) is 0 Å². The Balaban J connectivity index is 5.34. The summed E-state index contributed by atoms with van der Waals surface area (Å²) in [6.45, 7) is 15.8. The molecule has 17 heavy (non-hydrogen) atoms. The van der Waals surface area contributed by atoms with Gasteiger partial charge in [0, 0.05) is 0 Å². The van der Waals surface area contributed by atoms with Crippen molar-refractivity contribution in [2.24, 2.45) is 0 Å². The molecule has 0 aliphatic rings. The van der Waals surface area contributed by atoms with Crippen LogP contribution in [0.15, 0.2) is 0 Å². The zero-order chi connectivity index (χ0) is 14.0. The standard InChI is InChI=1S/C12H29Cl2NSi2/c1-9(2)15(17(13,14)12(7)8)16(10(3)4)11(5)6/h9-12,16H,1-8H3. The summed E-state index contributed by atoms with van der Waals surface area (Å²) >= 11 is 13.6. The molecule has 104 valence electrons. The summed E-state index contributed by atoms with van der Waals surface area (Å²) in [6.07, 6.45) is 0. The molecule has 0 saturated heterocycles. The summed E-state index contributed by atoms with van der Waals surface area (Å²) in [5.41, 5.74) is 1.79. The molecule has 5 heteroatoms. The van der Waals surface area contributed by atoms with Crippen molar-refractivity contribution >= 4 is 38.0 Å². The first-order chi connectivity index (χ1) is 7.53. The molecular weight excluding hydrogens is 285 g/mol. The van der Waals surface area contributed by atoms with Gasteiger partial charge in [-0.05, 0) is 22.7 Å². The molecule has 0 aromatic carbocycles. The molecule has 0 rings (SSSR count). The van der Waals surface area contributed by atoms with Crippen LogP contribution in [0.4, 0.5) is 0 Å². The van der Waals surface area contributed by atoms with Crippen molar-refractivity contribution < 1.29 is 0 Å². The molecule has 0 spiro atoms. The van der Waals surface area contributed by atoms with Crippen molar-refractivity contribution in [3.8, 4) is 0 Å². The fourth-order valence-corrected chi connectivity index (χ4v) is 14.9. The van der Waals surface area contributed by atoms with Gasteiger partial charge >= 0.3 is 6.86 Å². The first-order valence-electron chi connectivity index (χ1n) is 6.69. The topological polar surface area (TPSA) is 3.24 Å². The van der Waals surface area contributed by atoms with Crippen molar-refractivity contribution in [2.75, 3.05) is 0 Å². The lowest BCUT2D eigenvalue weighted by Crippen LogP contribution is -2.60. The maximum absolute atomic E-state index is 6.78. The van der Waals surface area contributed by atoms with E-state index >= 15 is 0 Å². The van der Waals surface area contributed by atoms with Crippen molar-refractivity contribution in [3.63, 3.8) is 0 Å². The summed E-state index contributed by atoms with van der Waals surface area (Å²) in [6, 6.07) is 0.459. The highest BCUT2D eigenvalue weighted by molar-refractivity contribution is 7.45. The van der Waals surface area contributed by atoms with Gasteiger partial charge in [0.1, 0.15) is 8.96 Å². The molecule has 1 nitrogen and oxygen atoms in total. The number of hydrogen-bond acceptors (Lipinski definition) is 1. The van der Waals surface area contributed by atoms with E-state index < -0.39 is 15.8 Å². The van der Waals surface area contributed by atoms with Gasteiger partial charge in [-0.15, -0.1) is 22.2 Å². The second-order valence-corrected chi connectivity index (χ2v) is 17.8. The predicted molar refractivity (Wildman–Crippen MR) is 86.9 cm³/mol. The van der Waals surface area contributed by atoms with Crippen LogP contribution in [-0.4, -0.2) is 26.1 Å². The molecule has 0 aliphatic heterocycles. The van der Waals surface area contributed by atoms with Crippen LogP contribution in [0.25, 0.3) is 0 Å². The normalized spacial score (nSPS) is 14.1. The molecule has 0 radical (unpaired) electrons. The number of rotatable bonds is 6. The van der Waals surface area contributed by atoms with E-state index in [1.165, 1.54) is 0 Å². The molecule has 0 amide bonds. The van der Waals surface area contributed by atoms with Crippen LogP contribution in [0.3, 0.4) is 0 Å². The molecule has 0 saturated carbocycles. The van der Waals surface area contributed by atoms with Crippen LogP contribution in [0.5, 0.6) is 0 Å². The second kappa shape index (κ2) is 6.94. The third-order valence-electron chi connectivity index (χ3n) is 3.28. The quantitative estimate of drug-likeness (QED) is 0.489. The van der Waals surface area contributed by atoms with Gasteiger partial charge in [-0.3, -0.25) is 0 Å². The molecule has 0 bridgehead atoms. The minimum atomic E-state index is -2.32. The number of hydrogen-bond donors (Lipinski definition) is 0. The van der Waals surface area contributed by atoms with Gasteiger partial charge in [0.05, 0.1) is 0 Å². The molecule has 0 N–H and O–H groups in total. The highest BCUT2D eigenvalue weighted by atomic mass is 35.7. The van der Waals surface area contributed by atoms with Gasteiger partial charge in [-0.2, -0.15) is 0 Å². The van der Waals surface area contributed by atoms with Crippen LogP contribution in [0, 0.1) is 0 Å². The Labute approximate surface area is 120 Å². The minimum absolute atomic E-state index is 0.376. The van der Waals surface area contributed by atoms with Gasteiger partial charge < -0.3 is 4.23 Å². The Kier molecular flexibility index (Phi) is 7.34. The number of halogens is 2. The average Bonchev–Trinajstić information content (AvgIpc) is 2.10. The second-order valence-electron chi connectivity index (χ2n) is 6.22. The predicted octanol–water partition coefficient (Wildman–Crippen LogP) is 5.07. The minimum Gasteiger partial charge on any atom is -0.321 e. The molecule has 0 unspecified atom stereocenters. The van der Waals surface area contributed by atoms with Crippen LogP contribution >= 0.6 is 22.2 Å². The Bertz CT molecular complexity index is 223. The summed E-state index contributed by atoms with van der Waals surface area (Å²) in [4.78, 5) is 0. The van der Waals surface area contributed by atoms with Gasteiger partial charge in [0.15, 0.2) is 0 Å². The van der Waals surface area contributed by atoms with E-state index in [0.29, 0.717) is 22.7 Å². The highest BCUT2D eigenvalue weighted by Crippen LogP contribution is 2.39. The SMILES string of the molecule is CC(C)N([SiH](C(C)C)C(C)C)[Si](Cl)(Cl)C(C)C. The first-order valence-corrected chi connectivity index (χ1v) is 12.6. The van der Waals surface area contributed by atoms with E-state index in [-0.39, 0.29) is 0 Å². The van der Waals surface area contributed by atoms with E-state index in [0.717, 1.165) is 0 Å². The van der Waals surface area contributed by atoms with E-state index in [1.807, 2.05) is 0 Å². The van der Waals surface area contributed by atoms with Crippen molar-refractivity contribution in [2.45, 2.75) is 78.1 Å². The summed E-state index contributed by atoms with van der Waals surface area (Å²) in [7, 11) is -1.10. The summed E-state index contributed by atoms with van der Waals surface area (Å²) in [5, 5.41) is 0. The van der Waals surface area contributed by atoms with Crippen LogP contribution in [-0.2, 0) is 0 Å². The lowest BCUT2D eigenvalue weighted by atomic mass is 10.4.